The van der Waals surface area contributed by atoms with Gasteiger partial charge in [-0.05, 0) is 39.7 Å². The van der Waals surface area contributed by atoms with Gasteiger partial charge in [-0.25, -0.2) is 0 Å². The van der Waals surface area contributed by atoms with Crippen LogP contribution in [0.2, 0.25) is 32.7 Å². The Morgan fingerprint density at radius 2 is 1.45 bits per heavy atom. The van der Waals surface area contributed by atoms with E-state index in [0.29, 0.717) is 0 Å². The lowest BCUT2D eigenvalue weighted by atomic mass is 10.9. The zero-order chi connectivity index (χ0) is 9.12. The monoisotopic (exact) mass is 192 g/mol. The molecule has 2 nitrogen and oxygen atoms in total. The molecule has 0 radical (unpaired) electrons. The fourth-order valence-electron chi connectivity index (χ4n) is 1.11. The lowest BCUT2D eigenvalue weighted by molar-refractivity contribution is 0.262. The Hall–Kier alpha value is 0.354. The summed E-state index contributed by atoms with van der Waals surface area (Å²) in [5.41, 5.74) is 0. The van der Waals surface area contributed by atoms with Gasteiger partial charge >= 0.3 is 8.56 Å². The predicted octanol–water partition coefficient (Wildman–Crippen LogP) is 2.58. The summed E-state index contributed by atoms with van der Waals surface area (Å²) in [7, 11) is -3.17. The molecule has 0 fully saturated rings. The zero-order valence-corrected chi connectivity index (χ0v) is 10.5. The molecule has 0 spiro atoms. The van der Waals surface area contributed by atoms with Crippen LogP contribution in [-0.2, 0) is 8.54 Å². The van der Waals surface area contributed by atoms with Gasteiger partial charge in [0.15, 0.2) is 8.32 Å². The summed E-state index contributed by atoms with van der Waals surface area (Å²) < 4.78 is 11.5. The van der Waals surface area contributed by atoms with E-state index in [9.17, 15) is 0 Å². The van der Waals surface area contributed by atoms with Gasteiger partial charge in [-0.2, -0.15) is 0 Å². The third kappa shape index (κ3) is 6.74. The van der Waals surface area contributed by atoms with E-state index in [2.05, 4.69) is 32.7 Å². The average Bonchev–Trinajstić information content (AvgIpc) is 1.55. The van der Waals surface area contributed by atoms with Crippen molar-refractivity contribution < 1.29 is 8.54 Å². The maximum atomic E-state index is 5.92. The van der Waals surface area contributed by atoms with Gasteiger partial charge in [-0.1, -0.05) is 0 Å². The van der Waals surface area contributed by atoms with Gasteiger partial charge in [-0.15, -0.1) is 0 Å². The van der Waals surface area contributed by atoms with Crippen LogP contribution < -0.4 is 0 Å². The fraction of sp³-hybridized carbons (Fsp3) is 1.00. The van der Waals surface area contributed by atoms with E-state index >= 15 is 0 Å². The van der Waals surface area contributed by atoms with E-state index in [1.165, 1.54) is 0 Å². The number of rotatable bonds is 4. The van der Waals surface area contributed by atoms with Crippen LogP contribution in [0.25, 0.3) is 0 Å². The molecule has 68 valence electrons. The molecule has 0 amide bonds. The molecule has 0 unspecified atom stereocenters. The first-order valence-electron chi connectivity index (χ1n) is 4.11. The predicted molar refractivity (Wildman–Crippen MR) is 53.5 cm³/mol. The summed E-state index contributed by atoms with van der Waals surface area (Å²) in [6.45, 7) is 13.6. The second-order valence-electron chi connectivity index (χ2n) is 4.05. The quantitative estimate of drug-likeness (QED) is 0.637. The van der Waals surface area contributed by atoms with Gasteiger partial charge in [0, 0.05) is 6.61 Å². The minimum absolute atomic E-state index is 0.768. The van der Waals surface area contributed by atoms with Gasteiger partial charge in [0.05, 0.1) is 0 Å². The van der Waals surface area contributed by atoms with Crippen molar-refractivity contribution in [2.24, 2.45) is 0 Å². The average molecular weight is 192 g/mol. The molecule has 0 rings (SSSR count). The Balaban J connectivity index is 3.91. The smallest absolute Gasteiger partial charge is 0.321 e. The summed E-state index contributed by atoms with van der Waals surface area (Å²) in [4.78, 5) is 0. The fourth-order valence-corrected chi connectivity index (χ4v) is 7.94. The highest BCUT2D eigenvalue weighted by Crippen LogP contribution is 2.14. The molecule has 0 aliphatic heterocycles. The normalized spacial score (nSPS) is 13.6. The molecule has 0 bridgehead atoms. The first-order chi connectivity index (χ1) is 4.77. The molecule has 0 aromatic rings. The Kier molecular flexibility index (Phi) is 3.97. The summed E-state index contributed by atoms with van der Waals surface area (Å²) in [5.74, 6) is 0. The largest absolute Gasteiger partial charge is 0.436 e. The first-order valence-corrected chi connectivity index (χ1v) is 10.3. The van der Waals surface area contributed by atoms with Crippen molar-refractivity contribution in [2.75, 3.05) is 6.61 Å². The van der Waals surface area contributed by atoms with E-state index in [-0.39, 0.29) is 0 Å². The van der Waals surface area contributed by atoms with Gasteiger partial charge in [0.25, 0.3) is 0 Å². The van der Waals surface area contributed by atoms with E-state index in [0.717, 1.165) is 6.61 Å². The van der Waals surface area contributed by atoms with E-state index < -0.39 is 16.9 Å². The van der Waals surface area contributed by atoms with E-state index in [4.69, 9.17) is 8.54 Å². The Morgan fingerprint density at radius 1 is 1.00 bits per heavy atom. The van der Waals surface area contributed by atoms with Crippen LogP contribution in [0.3, 0.4) is 0 Å². The third-order valence-corrected chi connectivity index (χ3v) is 6.44. The summed E-state index contributed by atoms with van der Waals surface area (Å²) in [6.07, 6.45) is 0. The lowest BCUT2D eigenvalue weighted by Gasteiger charge is -2.30. The van der Waals surface area contributed by atoms with Crippen molar-refractivity contribution in [3.05, 3.63) is 0 Å². The molecule has 0 aromatic heterocycles. The molecule has 0 aliphatic carbocycles. The summed E-state index contributed by atoms with van der Waals surface area (Å²) in [6, 6.07) is 0. The molecule has 0 saturated heterocycles. The van der Waals surface area contributed by atoms with Crippen molar-refractivity contribution >= 4 is 16.9 Å². The SMILES string of the molecule is CCO[Si](C)(C)O[Si](C)(C)C. The molecule has 0 atom stereocenters. The Labute approximate surface area is 72.3 Å². The van der Waals surface area contributed by atoms with Gasteiger partial charge in [0.1, 0.15) is 0 Å². The molecule has 11 heavy (non-hydrogen) atoms. The van der Waals surface area contributed by atoms with Crippen molar-refractivity contribution in [1.29, 1.82) is 0 Å². The Morgan fingerprint density at radius 3 is 1.73 bits per heavy atom. The maximum absolute atomic E-state index is 5.92. The molecular weight excluding hydrogens is 172 g/mol. The second-order valence-corrected chi connectivity index (χ2v) is 12.2. The van der Waals surface area contributed by atoms with E-state index in [1.807, 2.05) is 6.92 Å². The minimum Gasteiger partial charge on any atom is -0.436 e. The highest BCUT2D eigenvalue weighted by molar-refractivity contribution is 6.81. The minimum atomic E-state index is -1.78. The van der Waals surface area contributed by atoms with Crippen LogP contribution in [0, 0.1) is 0 Å². The topological polar surface area (TPSA) is 18.5 Å². The molecule has 4 heteroatoms. The van der Waals surface area contributed by atoms with Crippen LogP contribution >= 0.6 is 0 Å². The molecule has 0 saturated carbocycles. The highest BCUT2D eigenvalue weighted by atomic mass is 28.4. The van der Waals surface area contributed by atoms with Crippen LogP contribution in [-0.4, -0.2) is 23.5 Å². The van der Waals surface area contributed by atoms with Crippen LogP contribution in [0.15, 0.2) is 0 Å². The molecular formula is C7H20O2Si2. The summed E-state index contributed by atoms with van der Waals surface area (Å²) >= 11 is 0. The molecule has 0 aromatic carbocycles. The lowest BCUT2D eigenvalue weighted by Crippen LogP contribution is -2.44. The Bertz CT molecular complexity index is 118. The second kappa shape index (κ2) is 3.84. The van der Waals surface area contributed by atoms with Crippen LogP contribution in [0.4, 0.5) is 0 Å². The third-order valence-electron chi connectivity index (χ3n) is 1.04. The van der Waals surface area contributed by atoms with Crippen molar-refractivity contribution in [2.45, 2.75) is 39.7 Å². The summed E-state index contributed by atoms with van der Waals surface area (Å²) in [5, 5.41) is 0. The molecule has 0 heterocycles. The zero-order valence-electron chi connectivity index (χ0n) is 8.52. The standard InChI is InChI=1S/C7H20O2Si2/c1-7-8-11(5,6)9-10(2,3)4/h7H2,1-6H3. The van der Waals surface area contributed by atoms with Crippen molar-refractivity contribution in [3.63, 3.8) is 0 Å². The number of hydrogen-bond acceptors (Lipinski definition) is 2. The highest BCUT2D eigenvalue weighted by Gasteiger charge is 2.30. The molecule has 0 aliphatic rings. The van der Waals surface area contributed by atoms with Gasteiger partial charge in [-0.3, -0.25) is 0 Å². The first kappa shape index (κ1) is 11.4. The van der Waals surface area contributed by atoms with Gasteiger partial charge in [0.2, 0.25) is 0 Å². The maximum Gasteiger partial charge on any atom is 0.321 e. The van der Waals surface area contributed by atoms with Crippen LogP contribution in [0.1, 0.15) is 6.92 Å². The van der Waals surface area contributed by atoms with Crippen molar-refractivity contribution in [3.8, 4) is 0 Å². The van der Waals surface area contributed by atoms with Gasteiger partial charge < -0.3 is 8.54 Å². The van der Waals surface area contributed by atoms with Crippen LogP contribution in [0.5, 0.6) is 0 Å². The number of hydrogen-bond donors (Lipinski definition) is 0. The van der Waals surface area contributed by atoms with Crippen molar-refractivity contribution in [1.82, 2.24) is 0 Å². The van der Waals surface area contributed by atoms with E-state index in [1.54, 1.807) is 0 Å². The molecule has 0 N–H and O–H groups in total.